The van der Waals surface area contributed by atoms with Crippen LogP contribution in [0.15, 0.2) is 36.4 Å². The van der Waals surface area contributed by atoms with E-state index in [-0.39, 0.29) is 6.61 Å². The van der Waals surface area contributed by atoms with E-state index >= 15 is 0 Å². The molecule has 16 heavy (non-hydrogen) atoms. The summed E-state index contributed by atoms with van der Waals surface area (Å²) in [5.74, 6) is 0.651. The third-order valence-electron chi connectivity index (χ3n) is 2.18. The quantitative estimate of drug-likeness (QED) is 0.850. The summed E-state index contributed by atoms with van der Waals surface area (Å²) >= 11 is 0. The average Bonchev–Trinajstić information content (AvgIpc) is 2.74. The van der Waals surface area contributed by atoms with E-state index in [1.54, 1.807) is 10.7 Å². The van der Waals surface area contributed by atoms with Gasteiger partial charge in [0.15, 0.2) is 0 Å². The first kappa shape index (κ1) is 10.7. The van der Waals surface area contributed by atoms with Crippen molar-refractivity contribution in [2.75, 3.05) is 6.61 Å². The normalized spacial score (nSPS) is 10.4. The van der Waals surface area contributed by atoms with Crippen molar-refractivity contribution in [1.82, 2.24) is 9.78 Å². The minimum atomic E-state index is -0.0834. The van der Waals surface area contributed by atoms with E-state index in [0.29, 0.717) is 18.2 Å². The van der Waals surface area contributed by atoms with Crippen LogP contribution < -0.4 is 4.74 Å². The summed E-state index contributed by atoms with van der Waals surface area (Å²) in [5.41, 5.74) is 1.53. The highest BCUT2D eigenvalue weighted by atomic mass is 16.5. The number of aromatic nitrogens is 2. The number of hydrogen-bond donors (Lipinski definition) is 1. The molecule has 0 aliphatic rings. The predicted molar refractivity (Wildman–Crippen MR) is 60.7 cm³/mol. The van der Waals surface area contributed by atoms with Gasteiger partial charge in [0.05, 0.1) is 24.6 Å². The molecule has 4 heteroatoms. The third-order valence-corrected chi connectivity index (χ3v) is 2.18. The zero-order valence-electron chi connectivity index (χ0n) is 9.13. The minimum Gasteiger partial charge on any atom is -0.478 e. The maximum Gasteiger partial charge on any atom is 0.216 e. The number of benzene rings is 1. The van der Waals surface area contributed by atoms with Crippen LogP contribution in [0.25, 0.3) is 5.69 Å². The van der Waals surface area contributed by atoms with Crippen LogP contribution in [0.4, 0.5) is 0 Å². The number of aliphatic hydroxyl groups excluding tert-OH is 1. The summed E-state index contributed by atoms with van der Waals surface area (Å²) in [7, 11) is 0. The molecule has 1 aromatic carbocycles. The van der Waals surface area contributed by atoms with Crippen LogP contribution in [-0.4, -0.2) is 21.5 Å². The molecule has 2 aromatic rings. The molecule has 0 amide bonds. The Morgan fingerprint density at radius 3 is 2.69 bits per heavy atom. The standard InChI is InChI=1S/C12H14N2O2/c1-2-16-12-8-10(9-15)13-14(12)11-6-4-3-5-7-11/h3-8,15H,2,9H2,1H3. The van der Waals surface area contributed by atoms with Crippen molar-refractivity contribution in [3.8, 4) is 11.6 Å². The molecule has 0 aliphatic heterocycles. The average molecular weight is 218 g/mol. The summed E-state index contributed by atoms with van der Waals surface area (Å²) in [6, 6.07) is 11.4. The number of ether oxygens (including phenoxy) is 1. The molecule has 1 heterocycles. The largest absolute Gasteiger partial charge is 0.478 e. The van der Waals surface area contributed by atoms with E-state index in [4.69, 9.17) is 9.84 Å². The van der Waals surface area contributed by atoms with E-state index in [1.807, 2.05) is 37.3 Å². The van der Waals surface area contributed by atoms with Gasteiger partial charge in [-0.2, -0.15) is 5.10 Å². The molecular formula is C12H14N2O2. The van der Waals surface area contributed by atoms with Crippen molar-refractivity contribution < 1.29 is 9.84 Å². The lowest BCUT2D eigenvalue weighted by Gasteiger charge is -2.06. The maximum atomic E-state index is 9.06. The molecule has 1 N–H and O–H groups in total. The van der Waals surface area contributed by atoms with E-state index in [0.717, 1.165) is 5.69 Å². The summed E-state index contributed by atoms with van der Waals surface area (Å²) in [6.45, 7) is 2.41. The smallest absolute Gasteiger partial charge is 0.216 e. The first-order valence-corrected chi connectivity index (χ1v) is 5.23. The molecule has 0 bridgehead atoms. The Bertz CT molecular complexity index is 451. The summed E-state index contributed by atoms with van der Waals surface area (Å²) in [5, 5.41) is 13.3. The van der Waals surface area contributed by atoms with E-state index < -0.39 is 0 Å². The maximum absolute atomic E-state index is 9.06. The topological polar surface area (TPSA) is 47.3 Å². The highest BCUT2D eigenvalue weighted by Gasteiger charge is 2.09. The first-order chi connectivity index (χ1) is 7.85. The fourth-order valence-electron chi connectivity index (χ4n) is 1.49. The van der Waals surface area contributed by atoms with Crippen LogP contribution in [0.3, 0.4) is 0 Å². The lowest BCUT2D eigenvalue weighted by molar-refractivity contribution is 0.276. The Morgan fingerprint density at radius 1 is 1.31 bits per heavy atom. The predicted octanol–water partition coefficient (Wildman–Crippen LogP) is 1.76. The van der Waals surface area contributed by atoms with Gasteiger partial charge in [0.25, 0.3) is 0 Å². The van der Waals surface area contributed by atoms with Gasteiger partial charge in [-0.3, -0.25) is 0 Å². The molecule has 4 nitrogen and oxygen atoms in total. The SMILES string of the molecule is CCOc1cc(CO)nn1-c1ccccc1. The minimum absolute atomic E-state index is 0.0834. The molecule has 0 radical (unpaired) electrons. The Hall–Kier alpha value is -1.81. The molecule has 0 saturated carbocycles. The highest BCUT2D eigenvalue weighted by Crippen LogP contribution is 2.19. The monoisotopic (exact) mass is 218 g/mol. The Labute approximate surface area is 94.1 Å². The van der Waals surface area contributed by atoms with Crippen LogP contribution >= 0.6 is 0 Å². The number of hydrogen-bond acceptors (Lipinski definition) is 3. The summed E-state index contributed by atoms with van der Waals surface area (Å²) in [4.78, 5) is 0. The van der Waals surface area contributed by atoms with Gasteiger partial charge >= 0.3 is 0 Å². The zero-order chi connectivity index (χ0) is 11.4. The number of nitrogens with zero attached hydrogens (tertiary/aromatic N) is 2. The van der Waals surface area contributed by atoms with Gasteiger partial charge < -0.3 is 9.84 Å². The molecule has 2 rings (SSSR count). The summed E-state index contributed by atoms with van der Waals surface area (Å²) < 4.78 is 7.15. The van der Waals surface area contributed by atoms with Crippen molar-refractivity contribution in [2.45, 2.75) is 13.5 Å². The third kappa shape index (κ3) is 2.06. The molecular weight excluding hydrogens is 204 g/mol. The number of aliphatic hydroxyl groups is 1. The fourth-order valence-corrected chi connectivity index (χ4v) is 1.49. The van der Waals surface area contributed by atoms with E-state index in [1.165, 1.54) is 0 Å². The van der Waals surface area contributed by atoms with Crippen molar-refractivity contribution in [2.24, 2.45) is 0 Å². The number of rotatable bonds is 4. The molecule has 0 saturated heterocycles. The second-order valence-electron chi connectivity index (χ2n) is 3.31. The Kier molecular flexibility index (Phi) is 3.22. The van der Waals surface area contributed by atoms with Crippen LogP contribution in [-0.2, 0) is 6.61 Å². The van der Waals surface area contributed by atoms with Crippen molar-refractivity contribution in [1.29, 1.82) is 0 Å². The van der Waals surface area contributed by atoms with Gasteiger partial charge in [-0.15, -0.1) is 0 Å². The van der Waals surface area contributed by atoms with Gasteiger partial charge in [-0.05, 0) is 19.1 Å². The van der Waals surface area contributed by atoms with Crippen LogP contribution in [0.1, 0.15) is 12.6 Å². The van der Waals surface area contributed by atoms with Gasteiger partial charge in [0, 0.05) is 6.07 Å². The molecule has 1 aromatic heterocycles. The molecule has 0 unspecified atom stereocenters. The molecule has 84 valence electrons. The molecule has 0 atom stereocenters. The van der Waals surface area contributed by atoms with Gasteiger partial charge in [0.2, 0.25) is 5.88 Å². The van der Waals surface area contributed by atoms with Crippen LogP contribution in [0.2, 0.25) is 0 Å². The van der Waals surface area contributed by atoms with Crippen molar-refractivity contribution >= 4 is 0 Å². The first-order valence-electron chi connectivity index (χ1n) is 5.23. The molecule has 0 spiro atoms. The van der Waals surface area contributed by atoms with Crippen molar-refractivity contribution in [3.63, 3.8) is 0 Å². The van der Waals surface area contributed by atoms with Crippen LogP contribution in [0, 0.1) is 0 Å². The number of para-hydroxylation sites is 1. The lowest BCUT2D eigenvalue weighted by atomic mass is 10.3. The zero-order valence-corrected chi connectivity index (χ0v) is 9.13. The molecule has 0 fully saturated rings. The van der Waals surface area contributed by atoms with Gasteiger partial charge in [-0.1, -0.05) is 18.2 Å². The Balaban J connectivity index is 2.42. The second-order valence-corrected chi connectivity index (χ2v) is 3.31. The van der Waals surface area contributed by atoms with Crippen LogP contribution in [0.5, 0.6) is 5.88 Å². The highest BCUT2D eigenvalue weighted by molar-refractivity contribution is 5.35. The van der Waals surface area contributed by atoms with Gasteiger partial charge in [0.1, 0.15) is 0 Å². The fraction of sp³-hybridized carbons (Fsp3) is 0.250. The molecule has 0 aliphatic carbocycles. The van der Waals surface area contributed by atoms with Gasteiger partial charge in [-0.25, -0.2) is 4.68 Å². The summed E-state index contributed by atoms with van der Waals surface area (Å²) in [6.07, 6.45) is 0. The Morgan fingerprint density at radius 2 is 2.06 bits per heavy atom. The van der Waals surface area contributed by atoms with E-state index in [9.17, 15) is 0 Å². The van der Waals surface area contributed by atoms with Crippen molar-refractivity contribution in [3.05, 3.63) is 42.1 Å². The van der Waals surface area contributed by atoms with E-state index in [2.05, 4.69) is 5.10 Å². The second kappa shape index (κ2) is 4.81. The lowest BCUT2D eigenvalue weighted by Crippen LogP contribution is -2.02.